The minimum absolute atomic E-state index is 0.0966. The zero-order valence-corrected chi connectivity index (χ0v) is 21.4. The number of carbonyl (C=O) groups is 2. The molecule has 2 atom stereocenters. The van der Waals surface area contributed by atoms with Crippen LogP contribution in [0.4, 0.5) is 4.79 Å². The van der Waals surface area contributed by atoms with Gasteiger partial charge in [-0.1, -0.05) is 58.4 Å². The van der Waals surface area contributed by atoms with Gasteiger partial charge in [-0.3, -0.25) is 4.79 Å². The van der Waals surface area contributed by atoms with E-state index in [-0.39, 0.29) is 42.8 Å². The van der Waals surface area contributed by atoms with E-state index in [0.717, 1.165) is 24.0 Å². The van der Waals surface area contributed by atoms with Gasteiger partial charge in [0.25, 0.3) is 0 Å². The third-order valence-corrected chi connectivity index (χ3v) is 6.19. The highest BCUT2D eigenvalue weighted by Gasteiger charge is 2.39. The van der Waals surface area contributed by atoms with Crippen LogP contribution in [0.3, 0.4) is 0 Å². The topological polar surface area (TPSA) is 87.7 Å². The Morgan fingerprint density at radius 3 is 2.34 bits per heavy atom. The summed E-state index contributed by atoms with van der Waals surface area (Å²) in [6, 6.07) is 5.47. The molecule has 1 rings (SSSR count). The fourth-order valence-electron chi connectivity index (χ4n) is 3.81. The maximum atomic E-state index is 12.7. The van der Waals surface area contributed by atoms with Crippen LogP contribution in [0, 0.1) is 17.3 Å². The van der Waals surface area contributed by atoms with E-state index < -0.39 is 11.6 Å². The Kier molecular flexibility index (Phi) is 11.0. The molecule has 2 amide bonds. The van der Waals surface area contributed by atoms with Crippen LogP contribution in [0.2, 0.25) is 5.02 Å². The van der Waals surface area contributed by atoms with Gasteiger partial charge in [-0.15, -0.1) is 0 Å². The maximum Gasteiger partial charge on any atom is 0.315 e. The minimum atomic E-state index is -0.858. The van der Waals surface area contributed by atoms with Crippen molar-refractivity contribution >= 4 is 23.6 Å². The minimum Gasteiger partial charge on any atom is -0.466 e. The molecule has 0 aliphatic carbocycles. The van der Waals surface area contributed by atoms with Crippen molar-refractivity contribution in [3.05, 3.63) is 34.3 Å². The quantitative estimate of drug-likeness (QED) is 0.396. The molecule has 7 heteroatoms. The summed E-state index contributed by atoms with van der Waals surface area (Å²) in [7, 11) is 0. The zero-order valence-electron chi connectivity index (χ0n) is 20.7. The van der Waals surface area contributed by atoms with Crippen LogP contribution in [0.5, 0.6) is 0 Å². The van der Waals surface area contributed by atoms with Gasteiger partial charge >= 0.3 is 12.0 Å². The van der Waals surface area contributed by atoms with Crippen LogP contribution in [-0.2, 0) is 21.5 Å². The first kappa shape index (κ1) is 28.2. The second-order valence-electron chi connectivity index (χ2n) is 10.0. The summed E-state index contributed by atoms with van der Waals surface area (Å²) in [6.07, 6.45) is 1.98. The number of hydrogen-bond donors (Lipinski definition) is 3. The third kappa shape index (κ3) is 8.62. The van der Waals surface area contributed by atoms with Gasteiger partial charge in [-0.25, -0.2) is 4.79 Å². The second kappa shape index (κ2) is 12.4. The lowest BCUT2D eigenvalue weighted by Crippen LogP contribution is -2.54. The summed E-state index contributed by atoms with van der Waals surface area (Å²) in [4.78, 5) is 24.2. The molecule has 0 aliphatic heterocycles. The molecule has 182 valence electrons. The molecule has 0 aromatic heterocycles. The van der Waals surface area contributed by atoms with Crippen molar-refractivity contribution in [1.29, 1.82) is 0 Å². The van der Waals surface area contributed by atoms with E-state index in [1.54, 1.807) is 6.92 Å². The van der Waals surface area contributed by atoms with E-state index in [9.17, 15) is 14.7 Å². The van der Waals surface area contributed by atoms with Crippen molar-refractivity contribution < 1.29 is 19.4 Å². The van der Waals surface area contributed by atoms with E-state index >= 15 is 0 Å². The first-order valence-corrected chi connectivity index (χ1v) is 11.8. The van der Waals surface area contributed by atoms with Crippen molar-refractivity contribution in [2.24, 2.45) is 17.3 Å². The summed E-state index contributed by atoms with van der Waals surface area (Å²) in [5, 5.41) is 16.5. The van der Waals surface area contributed by atoms with E-state index in [4.69, 9.17) is 16.3 Å². The fourth-order valence-corrected chi connectivity index (χ4v) is 4.09. The van der Waals surface area contributed by atoms with Crippen LogP contribution in [0.1, 0.15) is 72.4 Å². The smallest absolute Gasteiger partial charge is 0.315 e. The number of aryl methyl sites for hydroxylation is 1. The number of amides is 2. The summed E-state index contributed by atoms with van der Waals surface area (Å²) in [6.45, 7) is 14.6. The van der Waals surface area contributed by atoms with Crippen LogP contribution in [-0.4, -0.2) is 36.9 Å². The highest BCUT2D eigenvalue weighted by molar-refractivity contribution is 6.31. The maximum absolute atomic E-state index is 12.7. The molecule has 0 saturated heterocycles. The number of urea groups is 1. The van der Waals surface area contributed by atoms with Crippen molar-refractivity contribution in [1.82, 2.24) is 10.6 Å². The van der Waals surface area contributed by atoms with Crippen molar-refractivity contribution in [2.75, 3.05) is 19.8 Å². The van der Waals surface area contributed by atoms with Gasteiger partial charge in [0.05, 0.1) is 18.6 Å². The molecule has 0 saturated carbocycles. The largest absolute Gasteiger partial charge is 0.466 e. The Morgan fingerprint density at radius 1 is 1.19 bits per heavy atom. The van der Waals surface area contributed by atoms with Crippen molar-refractivity contribution in [2.45, 2.75) is 73.3 Å². The monoisotopic (exact) mass is 468 g/mol. The summed E-state index contributed by atoms with van der Waals surface area (Å²) in [5.74, 6) is -0.498. The molecule has 0 radical (unpaired) electrons. The Bertz CT molecular complexity index is 761. The van der Waals surface area contributed by atoms with Crippen LogP contribution in [0.25, 0.3) is 0 Å². The Labute approximate surface area is 198 Å². The number of aliphatic hydroxyl groups excluding tert-OH is 1. The number of ether oxygens (including phenoxy) is 1. The Morgan fingerprint density at radius 2 is 1.84 bits per heavy atom. The number of esters is 1. The molecular weight excluding hydrogens is 428 g/mol. The second-order valence-corrected chi connectivity index (χ2v) is 10.4. The van der Waals surface area contributed by atoms with Gasteiger partial charge in [-0.2, -0.15) is 0 Å². The van der Waals surface area contributed by atoms with Gasteiger partial charge < -0.3 is 20.5 Å². The molecule has 0 heterocycles. The zero-order chi connectivity index (χ0) is 24.5. The number of nitrogens with one attached hydrogen (secondary N) is 2. The fraction of sp³-hybridized carbons (Fsp3) is 0.680. The number of aliphatic hydroxyl groups is 1. The van der Waals surface area contributed by atoms with Crippen LogP contribution >= 0.6 is 11.6 Å². The molecule has 1 unspecified atom stereocenters. The van der Waals surface area contributed by atoms with Gasteiger partial charge in [0, 0.05) is 24.1 Å². The van der Waals surface area contributed by atoms with Gasteiger partial charge in [-0.05, 0) is 55.2 Å². The molecule has 6 nitrogen and oxygen atoms in total. The number of carbonyl (C=O) groups excluding carboxylic acids is 2. The molecule has 3 N–H and O–H groups in total. The first-order chi connectivity index (χ1) is 14.8. The van der Waals surface area contributed by atoms with Crippen molar-refractivity contribution in [3.8, 4) is 0 Å². The Balaban J connectivity index is 3.09. The summed E-state index contributed by atoms with van der Waals surface area (Å²) < 4.78 is 4.89. The van der Waals surface area contributed by atoms with Gasteiger partial charge in [0.1, 0.15) is 0 Å². The molecule has 32 heavy (non-hydrogen) atoms. The van der Waals surface area contributed by atoms with E-state index in [0.29, 0.717) is 11.6 Å². The molecule has 1 aromatic rings. The molecule has 0 fully saturated rings. The lowest BCUT2D eigenvalue weighted by molar-refractivity contribution is -0.142. The molecule has 0 spiro atoms. The predicted molar refractivity (Wildman–Crippen MR) is 130 cm³/mol. The molecule has 0 aliphatic rings. The SMILES string of the molecule is CCOC(=O)CCNC(=O)N[C@@](C)(c1ccc(CCC(C)(C)C)c(Cl)c1)C(CO)C(C)C. The predicted octanol–water partition coefficient (Wildman–Crippen LogP) is 5.05. The number of hydrogen-bond acceptors (Lipinski definition) is 4. The lowest BCUT2D eigenvalue weighted by atomic mass is 9.74. The van der Waals surface area contributed by atoms with Crippen molar-refractivity contribution in [3.63, 3.8) is 0 Å². The average molecular weight is 469 g/mol. The van der Waals surface area contributed by atoms with Crippen LogP contribution < -0.4 is 10.6 Å². The standard InChI is InChI=1S/C25H41ClN2O4/c1-8-32-22(30)12-14-27-23(31)28-25(7,20(16-29)17(2)3)19-10-9-18(21(26)15-19)11-13-24(4,5)6/h9-10,15,17,20,29H,8,11-14,16H2,1-7H3,(H2,27,28,31)/t20?,25-/m0/s1. The molecule has 1 aromatic carbocycles. The van der Waals surface area contributed by atoms with Gasteiger partial charge in [0.15, 0.2) is 0 Å². The Hall–Kier alpha value is -1.79. The van der Waals surface area contributed by atoms with E-state index in [1.165, 1.54) is 0 Å². The highest BCUT2D eigenvalue weighted by atomic mass is 35.5. The number of halogens is 1. The third-order valence-electron chi connectivity index (χ3n) is 5.83. The van der Waals surface area contributed by atoms with E-state index in [1.807, 2.05) is 39.0 Å². The summed E-state index contributed by atoms with van der Waals surface area (Å²) in [5.41, 5.74) is 1.25. The summed E-state index contributed by atoms with van der Waals surface area (Å²) >= 11 is 6.63. The highest BCUT2D eigenvalue weighted by Crippen LogP contribution is 2.36. The van der Waals surface area contributed by atoms with Crippen LogP contribution in [0.15, 0.2) is 18.2 Å². The normalized spacial score (nSPS) is 14.6. The molecular formula is C25H41ClN2O4. The molecule has 0 bridgehead atoms. The van der Waals surface area contributed by atoms with E-state index in [2.05, 4.69) is 31.4 Å². The average Bonchev–Trinajstić information content (AvgIpc) is 2.66. The van der Waals surface area contributed by atoms with Gasteiger partial charge in [0.2, 0.25) is 0 Å². The number of benzene rings is 1. The number of rotatable bonds is 11. The lowest BCUT2D eigenvalue weighted by Gasteiger charge is -2.40. The first-order valence-electron chi connectivity index (χ1n) is 11.5.